The second-order valence-electron chi connectivity index (χ2n) is 5.72. The zero-order chi connectivity index (χ0) is 12.0. The molecule has 0 radical (unpaired) electrons. The SMILES string of the molecule is CC1(C)Cc2cc(C3CCNC3)cc(Br)c2O1. The van der Waals surface area contributed by atoms with Crippen LogP contribution in [-0.4, -0.2) is 18.7 Å². The van der Waals surface area contributed by atoms with E-state index in [9.17, 15) is 0 Å². The van der Waals surface area contributed by atoms with Crippen LogP contribution in [0.15, 0.2) is 16.6 Å². The van der Waals surface area contributed by atoms with Gasteiger partial charge in [0, 0.05) is 13.0 Å². The summed E-state index contributed by atoms with van der Waals surface area (Å²) in [5.74, 6) is 1.71. The maximum atomic E-state index is 5.98. The van der Waals surface area contributed by atoms with E-state index in [2.05, 4.69) is 47.2 Å². The zero-order valence-electron chi connectivity index (χ0n) is 10.3. The first-order valence-electron chi connectivity index (χ1n) is 6.27. The molecule has 1 unspecified atom stereocenters. The standard InChI is InChI=1S/C14H18BrNO/c1-14(2)7-11-5-10(9-3-4-16-8-9)6-12(15)13(11)17-14/h5-6,9,16H,3-4,7-8H2,1-2H3. The number of nitrogens with one attached hydrogen (secondary N) is 1. The van der Waals surface area contributed by atoms with E-state index in [-0.39, 0.29) is 5.60 Å². The molecule has 0 spiro atoms. The first-order chi connectivity index (χ1) is 8.05. The predicted molar refractivity (Wildman–Crippen MR) is 72.8 cm³/mol. The van der Waals surface area contributed by atoms with Crippen molar-refractivity contribution in [1.29, 1.82) is 0 Å². The molecule has 2 aliphatic heterocycles. The molecule has 2 aliphatic rings. The minimum atomic E-state index is -0.0581. The van der Waals surface area contributed by atoms with E-state index >= 15 is 0 Å². The molecular weight excluding hydrogens is 278 g/mol. The Balaban J connectivity index is 1.98. The highest BCUT2D eigenvalue weighted by Crippen LogP contribution is 2.42. The van der Waals surface area contributed by atoms with Crippen molar-refractivity contribution in [2.24, 2.45) is 0 Å². The third-order valence-electron chi connectivity index (χ3n) is 3.67. The van der Waals surface area contributed by atoms with Gasteiger partial charge in [0.1, 0.15) is 11.4 Å². The van der Waals surface area contributed by atoms with Gasteiger partial charge in [-0.3, -0.25) is 0 Å². The highest BCUT2D eigenvalue weighted by atomic mass is 79.9. The van der Waals surface area contributed by atoms with Gasteiger partial charge < -0.3 is 10.1 Å². The molecule has 0 bridgehead atoms. The quantitative estimate of drug-likeness (QED) is 0.859. The van der Waals surface area contributed by atoms with Crippen LogP contribution in [0.5, 0.6) is 5.75 Å². The van der Waals surface area contributed by atoms with Gasteiger partial charge in [-0.05, 0) is 65.9 Å². The van der Waals surface area contributed by atoms with Crippen LogP contribution in [0.3, 0.4) is 0 Å². The molecule has 17 heavy (non-hydrogen) atoms. The van der Waals surface area contributed by atoms with Gasteiger partial charge >= 0.3 is 0 Å². The maximum absolute atomic E-state index is 5.98. The van der Waals surface area contributed by atoms with Gasteiger partial charge in [-0.2, -0.15) is 0 Å². The molecule has 2 nitrogen and oxygen atoms in total. The number of fused-ring (bicyclic) bond motifs is 1. The number of halogens is 1. The van der Waals surface area contributed by atoms with Crippen LogP contribution < -0.4 is 10.1 Å². The summed E-state index contributed by atoms with van der Waals surface area (Å²) in [5.41, 5.74) is 2.74. The summed E-state index contributed by atoms with van der Waals surface area (Å²) in [6.45, 7) is 6.54. The highest BCUT2D eigenvalue weighted by molar-refractivity contribution is 9.10. The summed E-state index contributed by atoms with van der Waals surface area (Å²) in [6, 6.07) is 4.57. The molecule has 1 fully saturated rings. The van der Waals surface area contributed by atoms with Crippen molar-refractivity contribution in [2.75, 3.05) is 13.1 Å². The molecule has 92 valence electrons. The lowest BCUT2D eigenvalue weighted by Gasteiger charge is -2.17. The number of hydrogen-bond acceptors (Lipinski definition) is 2. The second kappa shape index (κ2) is 3.99. The molecule has 1 N–H and O–H groups in total. The smallest absolute Gasteiger partial charge is 0.137 e. The van der Waals surface area contributed by atoms with Crippen LogP contribution in [0, 0.1) is 0 Å². The Kier molecular flexibility index (Phi) is 2.71. The van der Waals surface area contributed by atoms with Crippen LogP contribution in [0.4, 0.5) is 0 Å². The number of benzene rings is 1. The van der Waals surface area contributed by atoms with Crippen LogP contribution in [-0.2, 0) is 6.42 Å². The largest absolute Gasteiger partial charge is 0.486 e. The minimum Gasteiger partial charge on any atom is -0.486 e. The van der Waals surface area contributed by atoms with Crippen LogP contribution in [0.1, 0.15) is 37.3 Å². The molecule has 0 amide bonds. The molecule has 1 atom stereocenters. The van der Waals surface area contributed by atoms with E-state index in [4.69, 9.17) is 4.74 Å². The number of hydrogen-bond donors (Lipinski definition) is 1. The van der Waals surface area contributed by atoms with E-state index in [1.165, 1.54) is 17.5 Å². The molecule has 3 rings (SSSR count). The fourth-order valence-electron chi connectivity index (χ4n) is 2.87. The number of ether oxygens (including phenoxy) is 1. The van der Waals surface area contributed by atoms with Crippen molar-refractivity contribution in [1.82, 2.24) is 5.32 Å². The van der Waals surface area contributed by atoms with Crippen molar-refractivity contribution in [3.63, 3.8) is 0 Å². The van der Waals surface area contributed by atoms with E-state index in [0.29, 0.717) is 5.92 Å². The second-order valence-corrected chi connectivity index (χ2v) is 6.57. The predicted octanol–water partition coefficient (Wildman–Crippen LogP) is 3.24. The van der Waals surface area contributed by atoms with Crippen molar-refractivity contribution >= 4 is 15.9 Å². The lowest BCUT2D eigenvalue weighted by atomic mass is 9.94. The zero-order valence-corrected chi connectivity index (χ0v) is 11.9. The third-order valence-corrected chi connectivity index (χ3v) is 4.26. The monoisotopic (exact) mass is 295 g/mol. The summed E-state index contributed by atoms with van der Waals surface area (Å²) < 4.78 is 7.09. The first kappa shape index (κ1) is 11.5. The van der Waals surface area contributed by atoms with Crippen LogP contribution in [0.25, 0.3) is 0 Å². The van der Waals surface area contributed by atoms with Crippen molar-refractivity contribution in [2.45, 2.75) is 38.2 Å². The van der Waals surface area contributed by atoms with Crippen molar-refractivity contribution in [3.05, 3.63) is 27.7 Å². The first-order valence-corrected chi connectivity index (χ1v) is 7.06. The lowest BCUT2D eigenvalue weighted by Crippen LogP contribution is -2.24. The third kappa shape index (κ3) is 2.11. The summed E-state index contributed by atoms with van der Waals surface area (Å²) in [5, 5.41) is 3.43. The summed E-state index contributed by atoms with van der Waals surface area (Å²) in [7, 11) is 0. The van der Waals surface area contributed by atoms with Gasteiger partial charge in [-0.25, -0.2) is 0 Å². The molecule has 1 aromatic carbocycles. The molecule has 0 aliphatic carbocycles. The van der Waals surface area contributed by atoms with Crippen molar-refractivity contribution < 1.29 is 4.74 Å². The summed E-state index contributed by atoms with van der Waals surface area (Å²) in [4.78, 5) is 0. The Labute approximate surface area is 111 Å². The Morgan fingerprint density at radius 3 is 2.94 bits per heavy atom. The van der Waals surface area contributed by atoms with Gasteiger partial charge in [-0.1, -0.05) is 6.07 Å². The molecule has 3 heteroatoms. The number of rotatable bonds is 1. The fourth-order valence-corrected chi connectivity index (χ4v) is 3.47. The Hall–Kier alpha value is -0.540. The van der Waals surface area contributed by atoms with E-state index in [1.807, 2.05) is 0 Å². The summed E-state index contributed by atoms with van der Waals surface area (Å²) >= 11 is 3.65. The molecule has 1 saturated heterocycles. The Bertz CT molecular complexity index is 450. The average Bonchev–Trinajstić information content (AvgIpc) is 2.83. The minimum absolute atomic E-state index is 0.0581. The van der Waals surface area contributed by atoms with Gasteiger partial charge in [0.25, 0.3) is 0 Å². The average molecular weight is 296 g/mol. The topological polar surface area (TPSA) is 21.3 Å². The molecule has 0 aromatic heterocycles. The fraction of sp³-hybridized carbons (Fsp3) is 0.571. The van der Waals surface area contributed by atoms with Gasteiger partial charge in [0.2, 0.25) is 0 Å². The van der Waals surface area contributed by atoms with Gasteiger partial charge in [0.15, 0.2) is 0 Å². The van der Waals surface area contributed by atoms with Crippen molar-refractivity contribution in [3.8, 4) is 5.75 Å². The Morgan fingerprint density at radius 1 is 1.41 bits per heavy atom. The van der Waals surface area contributed by atoms with Crippen LogP contribution in [0.2, 0.25) is 0 Å². The molecule has 0 saturated carbocycles. The highest BCUT2D eigenvalue weighted by Gasteiger charge is 2.32. The van der Waals surface area contributed by atoms with Crippen LogP contribution >= 0.6 is 15.9 Å². The molecule has 2 heterocycles. The van der Waals surface area contributed by atoms with E-state index in [0.717, 1.165) is 29.7 Å². The maximum Gasteiger partial charge on any atom is 0.137 e. The van der Waals surface area contributed by atoms with Gasteiger partial charge in [-0.15, -0.1) is 0 Å². The molecular formula is C14H18BrNO. The lowest BCUT2D eigenvalue weighted by molar-refractivity contribution is 0.137. The Morgan fingerprint density at radius 2 is 2.24 bits per heavy atom. The molecule has 1 aromatic rings. The van der Waals surface area contributed by atoms with E-state index in [1.54, 1.807) is 0 Å². The normalized spacial score (nSPS) is 25.7. The van der Waals surface area contributed by atoms with Gasteiger partial charge in [0.05, 0.1) is 4.47 Å². The summed E-state index contributed by atoms with van der Waals surface area (Å²) in [6.07, 6.45) is 2.25. The van der Waals surface area contributed by atoms with E-state index < -0.39 is 0 Å².